The molecule has 7 nitrogen and oxygen atoms in total. The van der Waals surface area contributed by atoms with Gasteiger partial charge in [0.25, 0.3) is 5.91 Å². The first-order chi connectivity index (χ1) is 11.7. The standard InChI is InChI=1S/C17H21N5O2/c1-12-10-13(19-17(18-12)22-8-4-5-9-22)14-11-15(24-20-14)16(23)21-6-2-3-7-21/h10-11H,2-9H2,1H3. The number of hydrogen-bond acceptors (Lipinski definition) is 6. The summed E-state index contributed by atoms with van der Waals surface area (Å²) in [5, 5.41) is 4.06. The van der Waals surface area contributed by atoms with Gasteiger partial charge in [0.15, 0.2) is 0 Å². The zero-order chi connectivity index (χ0) is 16.5. The Morgan fingerprint density at radius 3 is 2.46 bits per heavy atom. The molecule has 2 aromatic heterocycles. The number of rotatable bonds is 3. The van der Waals surface area contributed by atoms with Crippen LogP contribution in [0, 0.1) is 6.92 Å². The summed E-state index contributed by atoms with van der Waals surface area (Å²) in [6.45, 7) is 5.50. The van der Waals surface area contributed by atoms with Crippen LogP contribution in [-0.2, 0) is 0 Å². The monoisotopic (exact) mass is 327 g/mol. The maximum absolute atomic E-state index is 12.4. The van der Waals surface area contributed by atoms with Crippen molar-refractivity contribution in [3.8, 4) is 11.4 Å². The number of carbonyl (C=O) groups excluding carboxylic acids is 1. The maximum Gasteiger partial charge on any atom is 0.292 e. The SMILES string of the molecule is Cc1cc(-c2cc(C(=O)N3CCCC3)on2)nc(N2CCCC2)n1. The van der Waals surface area contributed by atoms with Gasteiger partial charge in [-0.2, -0.15) is 0 Å². The molecule has 0 N–H and O–H groups in total. The van der Waals surface area contributed by atoms with Gasteiger partial charge < -0.3 is 14.3 Å². The Bertz CT molecular complexity index is 745. The second kappa shape index (κ2) is 6.22. The van der Waals surface area contributed by atoms with Crippen molar-refractivity contribution < 1.29 is 9.32 Å². The van der Waals surface area contributed by atoms with Crippen molar-refractivity contribution in [3.05, 3.63) is 23.6 Å². The molecule has 2 aliphatic heterocycles. The smallest absolute Gasteiger partial charge is 0.292 e. The fraction of sp³-hybridized carbons (Fsp3) is 0.529. The predicted molar refractivity (Wildman–Crippen MR) is 88.9 cm³/mol. The van der Waals surface area contributed by atoms with Gasteiger partial charge >= 0.3 is 0 Å². The van der Waals surface area contributed by atoms with E-state index in [1.54, 1.807) is 6.07 Å². The summed E-state index contributed by atoms with van der Waals surface area (Å²) < 4.78 is 5.28. The van der Waals surface area contributed by atoms with Crippen LogP contribution in [0.3, 0.4) is 0 Å². The lowest BCUT2D eigenvalue weighted by atomic mass is 10.2. The van der Waals surface area contributed by atoms with Crippen LogP contribution in [0.15, 0.2) is 16.7 Å². The van der Waals surface area contributed by atoms with Crippen molar-refractivity contribution >= 4 is 11.9 Å². The highest BCUT2D eigenvalue weighted by molar-refractivity contribution is 5.92. The van der Waals surface area contributed by atoms with Crippen LogP contribution in [0.25, 0.3) is 11.4 Å². The molecule has 2 fully saturated rings. The molecule has 2 aromatic rings. The minimum absolute atomic E-state index is 0.0863. The highest BCUT2D eigenvalue weighted by Gasteiger charge is 2.24. The van der Waals surface area contributed by atoms with E-state index in [9.17, 15) is 4.79 Å². The summed E-state index contributed by atoms with van der Waals surface area (Å²) in [7, 11) is 0. The van der Waals surface area contributed by atoms with Crippen LogP contribution in [0.5, 0.6) is 0 Å². The van der Waals surface area contributed by atoms with Crippen LogP contribution in [-0.4, -0.2) is 52.1 Å². The van der Waals surface area contributed by atoms with Crippen LogP contribution in [0.2, 0.25) is 0 Å². The zero-order valence-electron chi connectivity index (χ0n) is 13.9. The molecule has 7 heteroatoms. The first-order valence-electron chi connectivity index (χ1n) is 8.58. The van der Waals surface area contributed by atoms with Gasteiger partial charge in [-0.25, -0.2) is 9.97 Å². The summed E-state index contributed by atoms with van der Waals surface area (Å²) in [6.07, 6.45) is 4.45. The molecule has 4 heterocycles. The number of hydrogen-bond donors (Lipinski definition) is 0. The van der Waals surface area contributed by atoms with Gasteiger partial charge in [-0.1, -0.05) is 5.16 Å². The highest BCUT2D eigenvalue weighted by Crippen LogP contribution is 2.23. The van der Waals surface area contributed by atoms with Gasteiger partial charge in [0.05, 0.1) is 5.69 Å². The Balaban J connectivity index is 1.60. The van der Waals surface area contributed by atoms with E-state index in [4.69, 9.17) is 4.52 Å². The van der Waals surface area contributed by atoms with Crippen molar-refractivity contribution in [2.24, 2.45) is 0 Å². The number of aryl methyl sites for hydroxylation is 1. The third-order valence-corrected chi connectivity index (χ3v) is 4.61. The average Bonchev–Trinajstić information content (AvgIpc) is 3.36. The molecular formula is C17H21N5O2. The fourth-order valence-electron chi connectivity index (χ4n) is 3.32. The Labute approximate surface area is 140 Å². The molecule has 2 aliphatic rings. The van der Waals surface area contributed by atoms with Gasteiger partial charge in [0, 0.05) is 37.9 Å². The summed E-state index contributed by atoms with van der Waals surface area (Å²) in [5.74, 6) is 0.931. The molecule has 2 saturated heterocycles. The summed E-state index contributed by atoms with van der Waals surface area (Å²) in [5.41, 5.74) is 2.18. The van der Waals surface area contributed by atoms with Crippen molar-refractivity contribution in [3.63, 3.8) is 0 Å². The van der Waals surface area contributed by atoms with E-state index in [0.717, 1.165) is 50.7 Å². The minimum atomic E-state index is -0.0863. The summed E-state index contributed by atoms with van der Waals surface area (Å²) >= 11 is 0. The molecule has 24 heavy (non-hydrogen) atoms. The zero-order valence-corrected chi connectivity index (χ0v) is 13.9. The molecule has 0 radical (unpaired) electrons. The predicted octanol–water partition coefficient (Wildman–Crippen LogP) is 2.28. The number of likely N-dealkylation sites (tertiary alicyclic amines) is 1. The van der Waals surface area contributed by atoms with Gasteiger partial charge in [0.2, 0.25) is 11.7 Å². The van der Waals surface area contributed by atoms with Gasteiger partial charge in [-0.15, -0.1) is 0 Å². The molecule has 1 amide bonds. The van der Waals surface area contributed by atoms with Crippen LogP contribution < -0.4 is 4.90 Å². The second-order valence-electron chi connectivity index (χ2n) is 6.46. The Morgan fingerprint density at radius 2 is 1.71 bits per heavy atom. The van der Waals surface area contributed by atoms with E-state index < -0.39 is 0 Å². The molecule has 126 valence electrons. The van der Waals surface area contributed by atoms with E-state index in [0.29, 0.717) is 11.4 Å². The molecule has 0 aromatic carbocycles. The second-order valence-corrected chi connectivity index (χ2v) is 6.46. The van der Waals surface area contributed by atoms with E-state index in [1.165, 1.54) is 12.8 Å². The van der Waals surface area contributed by atoms with E-state index in [1.807, 2.05) is 17.9 Å². The first kappa shape index (κ1) is 15.1. The Morgan fingerprint density at radius 1 is 1.00 bits per heavy atom. The summed E-state index contributed by atoms with van der Waals surface area (Å²) in [6, 6.07) is 3.57. The number of nitrogens with zero attached hydrogens (tertiary/aromatic N) is 5. The summed E-state index contributed by atoms with van der Waals surface area (Å²) in [4.78, 5) is 25.5. The molecule has 0 aliphatic carbocycles. The van der Waals surface area contributed by atoms with Crippen molar-refractivity contribution in [1.29, 1.82) is 0 Å². The number of aromatic nitrogens is 3. The van der Waals surface area contributed by atoms with Crippen molar-refractivity contribution in [1.82, 2.24) is 20.0 Å². The highest BCUT2D eigenvalue weighted by atomic mass is 16.5. The normalized spacial score (nSPS) is 17.7. The number of anilines is 1. The third kappa shape index (κ3) is 2.86. The molecule has 0 unspecified atom stereocenters. The molecule has 0 spiro atoms. The molecule has 0 saturated carbocycles. The van der Waals surface area contributed by atoms with Gasteiger partial charge in [0.1, 0.15) is 5.69 Å². The van der Waals surface area contributed by atoms with Crippen LogP contribution >= 0.6 is 0 Å². The van der Waals surface area contributed by atoms with E-state index >= 15 is 0 Å². The minimum Gasteiger partial charge on any atom is -0.350 e. The van der Waals surface area contributed by atoms with Gasteiger partial charge in [-0.3, -0.25) is 4.79 Å². The Kier molecular flexibility index (Phi) is 3.92. The van der Waals surface area contributed by atoms with Crippen LogP contribution in [0.4, 0.5) is 5.95 Å². The molecule has 4 rings (SSSR count). The van der Waals surface area contributed by atoms with Crippen molar-refractivity contribution in [2.75, 3.05) is 31.1 Å². The molecule has 0 atom stereocenters. The average molecular weight is 327 g/mol. The third-order valence-electron chi connectivity index (χ3n) is 4.61. The molecule has 0 bridgehead atoms. The fourth-order valence-corrected chi connectivity index (χ4v) is 3.32. The molecular weight excluding hydrogens is 306 g/mol. The number of amides is 1. The quantitative estimate of drug-likeness (QED) is 0.861. The lowest BCUT2D eigenvalue weighted by molar-refractivity contribution is 0.0751. The van der Waals surface area contributed by atoms with Crippen molar-refractivity contribution in [2.45, 2.75) is 32.6 Å². The lowest BCUT2D eigenvalue weighted by Crippen LogP contribution is -2.27. The lowest BCUT2D eigenvalue weighted by Gasteiger charge is -2.15. The van der Waals surface area contributed by atoms with Gasteiger partial charge in [-0.05, 0) is 38.7 Å². The maximum atomic E-state index is 12.4. The van der Waals surface area contributed by atoms with E-state index in [2.05, 4.69) is 20.0 Å². The topological polar surface area (TPSA) is 75.4 Å². The van der Waals surface area contributed by atoms with Crippen LogP contribution in [0.1, 0.15) is 41.9 Å². The largest absolute Gasteiger partial charge is 0.350 e. The van der Waals surface area contributed by atoms with E-state index in [-0.39, 0.29) is 11.7 Å². The Hall–Kier alpha value is -2.44. The first-order valence-corrected chi connectivity index (χ1v) is 8.58. The number of carbonyl (C=O) groups is 1.